The van der Waals surface area contributed by atoms with Crippen LogP contribution in [0.5, 0.6) is 0 Å². The van der Waals surface area contributed by atoms with E-state index in [2.05, 4.69) is 54.2 Å². The van der Waals surface area contributed by atoms with Crippen molar-refractivity contribution in [2.24, 2.45) is 5.92 Å². The number of allylic oxidation sites excluding steroid dienone is 2. The summed E-state index contributed by atoms with van der Waals surface area (Å²) in [5.74, 6) is 0.482. The molecule has 0 radical (unpaired) electrons. The van der Waals surface area contributed by atoms with Crippen molar-refractivity contribution in [3.63, 3.8) is 0 Å². The molecule has 3 atom stereocenters. The molecule has 0 unspecified atom stereocenters. The van der Waals surface area contributed by atoms with Crippen molar-refractivity contribution in [3.8, 4) is 0 Å². The highest BCUT2D eigenvalue weighted by Crippen LogP contribution is 2.50. The van der Waals surface area contributed by atoms with Gasteiger partial charge in [-0.3, -0.25) is 4.72 Å². The van der Waals surface area contributed by atoms with E-state index in [-0.39, 0.29) is 21.9 Å². The Hall–Kier alpha value is -2.47. The molecule has 0 aromatic heterocycles. The van der Waals surface area contributed by atoms with Crippen molar-refractivity contribution in [1.82, 2.24) is 0 Å². The van der Waals surface area contributed by atoms with Gasteiger partial charge < -0.3 is 5.32 Å². The smallest absolute Gasteiger partial charge is 0.261 e. The monoisotopic (exact) mass is 498 g/mol. The highest BCUT2D eigenvalue weighted by molar-refractivity contribution is 7.92. The van der Waals surface area contributed by atoms with Gasteiger partial charge in [0, 0.05) is 16.6 Å². The zero-order valence-electron chi connectivity index (χ0n) is 18.3. The number of aryl methyl sites for hydroxylation is 2. The molecule has 1 heterocycles. The molecule has 2 N–H and O–H groups in total. The van der Waals surface area contributed by atoms with E-state index in [9.17, 15) is 8.42 Å². The second-order valence-corrected chi connectivity index (χ2v) is 11.3. The molecule has 1 aliphatic heterocycles. The Labute approximate surface area is 204 Å². The Morgan fingerprint density at radius 1 is 0.970 bits per heavy atom. The molecule has 2 aliphatic rings. The number of hydrogen-bond acceptors (Lipinski definition) is 3. The third-order valence-corrected chi connectivity index (χ3v) is 8.50. The van der Waals surface area contributed by atoms with Gasteiger partial charge in [-0.1, -0.05) is 59.1 Å². The number of benzene rings is 3. The summed E-state index contributed by atoms with van der Waals surface area (Å²) in [5, 5.41) is 4.40. The molecule has 3 aromatic rings. The molecule has 33 heavy (non-hydrogen) atoms. The molecule has 170 valence electrons. The number of fused-ring (bicyclic) bond motifs is 3. The third kappa shape index (κ3) is 4.14. The van der Waals surface area contributed by atoms with Gasteiger partial charge in [-0.2, -0.15) is 0 Å². The van der Waals surface area contributed by atoms with Crippen molar-refractivity contribution in [1.29, 1.82) is 0 Å². The largest absolute Gasteiger partial charge is 0.378 e. The van der Waals surface area contributed by atoms with Gasteiger partial charge in [0.1, 0.15) is 0 Å². The molecule has 0 spiro atoms. The van der Waals surface area contributed by atoms with Crippen molar-refractivity contribution < 1.29 is 8.42 Å². The predicted molar refractivity (Wildman–Crippen MR) is 136 cm³/mol. The van der Waals surface area contributed by atoms with Gasteiger partial charge in [-0.25, -0.2) is 8.42 Å². The fourth-order valence-electron chi connectivity index (χ4n) is 4.92. The molecule has 7 heteroatoms. The van der Waals surface area contributed by atoms with Gasteiger partial charge in [-0.15, -0.1) is 0 Å². The van der Waals surface area contributed by atoms with Crippen LogP contribution in [-0.4, -0.2) is 8.42 Å². The maximum atomic E-state index is 13.1. The van der Waals surface area contributed by atoms with Crippen molar-refractivity contribution >= 4 is 44.6 Å². The Balaban J connectivity index is 1.51. The zero-order chi connectivity index (χ0) is 23.3. The summed E-state index contributed by atoms with van der Waals surface area (Å²) < 4.78 is 28.9. The van der Waals surface area contributed by atoms with Crippen LogP contribution in [0.2, 0.25) is 10.0 Å². The Morgan fingerprint density at radius 3 is 2.58 bits per heavy atom. The highest BCUT2D eigenvalue weighted by atomic mass is 35.5. The lowest BCUT2D eigenvalue weighted by molar-refractivity contribution is 0.424. The van der Waals surface area contributed by atoms with Crippen molar-refractivity contribution in [3.05, 3.63) is 99.0 Å². The first-order valence-corrected chi connectivity index (χ1v) is 13.1. The maximum absolute atomic E-state index is 13.1. The lowest BCUT2D eigenvalue weighted by Crippen LogP contribution is -2.30. The Kier molecular flexibility index (Phi) is 5.68. The molecule has 0 bridgehead atoms. The van der Waals surface area contributed by atoms with E-state index < -0.39 is 10.0 Å². The minimum Gasteiger partial charge on any atom is -0.378 e. The van der Waals surface area contributed by atoms with E-state index in [0.717, 1.165) is 17.7 Å². The molecule has 0 amide bonds. The second-order valence-electron chi connectivity index (χ2n) is 8.81. The molecule has 3 aromatic carbocycles. The molecular weight excluding hydrogens is 475 g/mol. The molecular formula is C26H24Cl2N2O2S. The Morgan fingerprint density at radius 2 is 1.79 bits per heavy atom. The van der Waals surface area contributed by atoms with E-state index in [0.29, 0.717) is 16.6 Å². The average molecular weight is 499 g/mol. The van der Waals surface area contributed by atoms with E-state index >= 15 is 0 Å². The molecule has 0 fully saturated rings. The van der Waals surface area contributed by atoms with Crippen LogP contribution in [0, 0.1) is 19.8 Å². The number of halogens is 2. The van der Waals surface area contributed by atoms with Gasteiger partial charge >= 0.3 is 0 Å². The van der Waals surface area contributed by atoms with Crippen molar-refractivity contribution in [2.45, 2.75) is 37.1 Å². The number of anilines is 2. The topological polar surface area (TPSA) is 58.2 Å². The van der Waals surface area contributed by atoms with Crippen LogP contribution in [0.3, 0.4) is 0 Å². The standard InChI is InChI=1S/C26H24Cl2N2O2S/c1-15-6-7-16(2)21(12-15)26-20-5-3-4-19(20)22-14-18(9-11-24(22)29-26)33(31,32)30-25-10-8-17(27)13-23(25)28/h3-4,6-14,19-20,26,29-30H,5H2,1-2H3/t19-,20+,26-/m0/s1. The maximum Gasteiger partial charge on any atom is 0.261 e. The number of nitrogens with one attached hydrogen (secondary N) is 2. The zero-order valence-corrected chi connectivity index (χ0v) is 20.6. The van der Waals surface area contributed by atoms with E-state index in [4.69, 9.17) is 23.2 Å². The Bertz CT molecular complexity index is 1390. The summed E-state index contributed by atoms with van der Waals surface area (Å²) in [6.07, 6.45) is 5.37. The van der Waals surface area contributed by atoms with Gasteiger partial charge in [0.25, 0.3) is 10.0 Å². The van der Waals surface area contributed by atoms with Crippen LogP contribution in [0.1, 0.15) is 40.6 Å². The molecule has 1 aliphatic carbocycles. The first kappa shape index (κ1) is 22.3. The molecule has 0 saturated heterocycles. The first-order chi connectivity index (χ1) is 15.7. The fraction of sp³-hybridized carbons (Fsp3) is 0.231. The SMILES string of the molecule is Cc1ccc(C)c([C@H]2Nc3ccc(S(=O)(=O)Nc4ccc(Cl)cc4Cl)cc3[C@H]3C=CC[C@H]32)c1. The van der Waals surface area contributed by atoms with Gasteiger partial charge in [0.05, 0.1) is 21.6 Å². The molecule has 0 saturated carbocycles. The van der Waals surface area contributed by atoms with Crippen LogP contribution in [0.4, 0.5) is 11.4 Å². The normalized spacial score (nSPS) is 21.3. The van der Waals surface area contributed by atoms with Crippen LogP contribution in [0.15, 0.2) is 71.6 Å². The summed E-state index contributed by atoms with van der Waals surface area (Å²) in [6.45, 7) is 4.26. The van der Waals surface area contributed by atoms with Gasteiger partial charge in [0.15, 0.2) is 0 Å². The van der Waals surface area contributed by atoms with E-state index in [1.165, 1.54) is 22.8 Å². The summed E-state index contributed by atoms with van der Waals surface area (Å²) >= 11 is 12.1. The summed E-state index contributed by atoms with van der Waals surface area (Å²) in [6, 6.07) is 16.7. The van der Waals surface area contributed by atoms with E-state index in [1.54, 1.807) is 24.3 Å². The van der Waals surface area contributed by atoms with Gasteiger partial charge in [0.2, 0.25) is 0 Å². The lowest BCUT2D eigenvalue weighted by Gasteiger charge is -2.38. The molecule has 4 nitrogen and oxygen atoms in total. The predicted octanol–water partition coefficient (Wildman–Crippen LogP) is 7.24. The average Bonchev–Trinajstić information content (AvgIpc) is 3.27. The van der Waals surface area contributed by atoms with Crippen molar-refractivity contribution in [2.75, 3.05) is 10.0 Å². The minimum absolute atomic E-state index is 0.153. The van der Waals surface area contributed by atoms with Crippen LogP contribution >= 0.6 is 23.2 Å². The van der Waals surface area contributed by atoms with Crippen LogP contribution in [-0.2, 0) is 10.0 Å². The van der Waals surface area contributed by atoms with E-state index in [1.807, 2.05) is 6.07 Å². The quantitative estimate of drug-likeness (QED) is 0.372. The number of sulfonamides is 1. The number of rotatable bonds is 4. The highest BCUT2D eigenvalue weighted by Gasteiger charge is 2.39. The molecule has 5 rings (SSSR count). The van der Waals surface area contributed by atoms with Gasteiger partial charge in [-0.05, 0) is 79.3 Å². The second kappa shape index (κ2) is 8.39. The summed E-state index contributed by atoms with van der Waals surface area (Å²) in [4.78, 5) is 0.207. The minimum atomic E-state index is -3.82. The van der Waals surface area contributed by atoms with Crippen LogP contribution < -0.4 is 10.0 Å². The first-order valence-electron chi connectivity index (χ1n) is 10.8. The lowest BCUT2D eigenvalue weighted by atomic mass is 9.76. The fourth-order valence-corrected chi connectivity index (χ4v) is 6.54. The van der Waals surface area contributed by atoms with Crippen LogP contribution in [0.25, 0.3) is 0 Å². The number of hydrogen-bond donors (Lipinski definition) is 2. The third-order valence-electron chi connectivity index (χ3n) is 6.59. The summed E-state index contributed by atoms with van der Waals surface area (Å²) in [5.41, 5.74) is 6.06. The summed E-state index contributed by atoms with van der Waals surface area (Å²) in [7, 11) is -3.82.